The number of ketones is 1. The van der Waals surface area contributed by atoms with Crippen LogP contribution < -0.4 is 0 Å². The maximum absolute atomic E-state index is 12.5. The summed E-state index contributed by atoms with van der Waals surface area (Å²) in [5.74, 6) is 0.923. The zero-order valence-electron chi connectivity index (χ0n) is 12.6. The molecule has 0 N–H and O–H groups in total. The van der Waals surface area contributed by atoms with E-state index in [1.807, 2.05) is 67.9 Å². The Kier molecular flexibility index (Phi) is 3.34. The van der Waals surface area contributed by atoms with Crippen LogP contribution in [0.15, 0.2) is 42.5 Å². The van der Waals surface area contributed by atoms with E-state index >= 15 is 0 Å². The lowest BCUT2D eigenvalue weighted by Crippen LogP contribution is -2.09. The first-order valence-electron chi connectivity index (χ1n) is 7.07. The van der Waals surface area contributed by atoms with Crippen molar-refractivity contribution in [1.29, 1.82) is 0 Å². The molecule has 0 saturated carbocycles. The number of benzene rings is 2. The number of aryl methyl sites for hydroxylation is 3. The van der Waals surface area contributed by atoms with Crippen molar-refractivity contribution in [3.05, 3.63) is 65.0 Å². The molecule has 0 unspecified atom stereocenters. The van der Waals surface area contributed by atoms with Crippen molar-refractivity contribution in [3.63, 3.8) is 0 Å². The van der Waals surface area contributed by atoms with Crippen LogP contribution in [0.5, 0.6) is 0 Å². The summed E-state index contributed by atoms with van der Waals surface area (Å²) in [6.45, 7) is 4.02. The lowest BCUT2D eigenvalue weighted by Gasteiger charge is -2.06. The van der Waals surface area contributed by atoms with Gasteiger partial charge in [-0.25, -0.2) is 4.98 Å². The van der Waals surface area contributed by atoms with Crippen molar-refractivity contribution in [2.45, 2.75) is 20.3 Å². The van der Waals surface area contributed by atoms with Gasteiger partial charge in [0.15, 0.2) is 5.78 Å². The molecule has 3 nitrogen and oxygen atoms in total. The highest BCUT2D eigenvalue weighted by molar-refractivity contribution is 5.98. The molecule has 0 aliphatic rings. The largest absolute Gasteiger partial charge is 0.331 e. The normalized spacial score (nSPS) is 11.0. The number of fused-ring (bicyclic) bond motifs is 1. The minimum atomic E-state index is 0.117. The minimum absolute atomic E-state index is 0.117. The lowest BCUT2D eigenvalue weighted by atomic mass is 10.0. The molecule has 0 saturated heterocycles. The number of carbonyl (C=O) groups excluding carboxylic acids is 1. The van der Waals surface area contributed by atoms with Gasteiger partial charge in [0.2, 0.25) is 0 Å². The molecule has 106 valence electrons. The van der Waals surface area contributed by atoms with Gasteiger partial charge in [-0.1, -0.05) is 35.9 Å². The molecule has 3 rings (SSSR count). The highest BCUT2D eigenvalue weighted by Crippen LogP contribution is 2.17. The minimum Gasteiger partial charge on any atom is -0.331 e. The Hall–Kier alpha value is -2.42. The van der Waals surface area contributed by atoms with E-state index in [0.717, 1.165) is 28.0 Å². The van der Waals surface area contributed by atoms with Gasteiger partial charge in [0.1, 0.15) is 5.82 Å². The molecule has 1 aromatic heterocycles. The van der Waals surface area contributed by atoms with E-state index in [1.165, 1.54) is 5.56 Å². The molecule has 0 aliphatic carbocycles. The topological polar surface area (TPSA) is 34.9 Å². The molecule has 2 aromatic carbocycles. The highest BCUT2D eigenvalue weighted by Gasteiger charge is 2.14. The van der Waals surface area contributed by atoms with Gasteiger partial charge in [-0.3, -0.25) is 4.79 Å². The smallest absolute Gasteiger partial charge is 0.170 e. The Morgan fingerprint density at radius 1 is 1.14 bits per heavy atom. The van der Waals surface area contributed by atoms with Gasteiger partial charge in [0.25, 0.3) is 0 Å². The molecule has 0 bridgehead atoms. The molecule has 1 heterocycles. The molecule has 0 atom stereocenters. The maximum atomic E-state index is 12.5. The fraction of sp³-hybridized carbons (Fsp3) is 0.222. The van der Waals surface area contributed by atoms with Gasteiger partial charge in [-0.05, 0) is 31.5 Å². The average Bonchev–Trinajstić information content (AvgIpc) is 2.76. The van der Waals surface area contributed by atoms with Crippen LogP contribution in [0.1, 0.15) is 27.3 Å². The van der Waals surface area contributed by atoms with Crippen LogP contribution in [-0.2, 0) is 13.5 Å². The third-order valence-corrected chi connectivity index (χ3v) is 3.88. The maximum Gasteiger partial charge on any atom is 0.170 e. The van der Waals surface area contributed by atoms with Gasteiger partial charge in [-0.2, -0.15) is 0 Å². The summed E-state index contributed by atoms with van der Waals surface area (Å²) in [5, 5.41) is 0. The van der Waals surface area contributed by atoms with Gasteiger partial charge < -0.3 is 4.57 Å². The SMILES string of the molecule is Cc1ccc(C(=O)Cc2nc3ccccc3n2C)c(C)c1. The number of nitrogens with zero attached hydrogens (tertiary/aromatic N) is 2. The summed E-state index contributed by atoms with van der Waals surface area (Å²) in [6.07, 6.45) is 0.328. The second kappa shape index (κ2) is 5.17. The molecule has 0 fully saturated rings. The van der Waals surface area contributed by atoms with E-state index in [9.17, 15) is 4.79 Å². The van der Waals surface area contributed by atoms with Crippen LogP contribution >= 0.6 is 0 Å². The first-order chi connectivity index (χ1) is 10.1. The van der Waals surface area contributed by atoms with E-state index < -0.39 is 0 Å². The second-order valence-electron chi connectivity index (χ2n) is 5.49. The monoisotopic (exact) mass is 278 g/mol. The van der Waals surface area contributed by atoms with Crippen LogP contribution in [0.25, 0.3) is 11.0 Å². The van der Waals surface area contributed by atoms with E-state index in [2.05, 4.69) is 4.98 Å². The zero-order valence-corrected chi connectivity index (χ0v) is 12.6. The second-order valence-corrected chi connectivity index (χ2v) is 5.49. The summed E-state index contributed by atoms with van der Waals surface area (Å²) >= 11 is 0. The van der Waals surface area contributed by atoms with Crippen LogP contribution in [0.4, 0.5) is 0 Å². The molecule has 3 aromatic rings. The van der Waals surface area contributed by atoms with Gasteiger partial charge in [0, 0.05) is 12.6 Å². The van der Waals surface area contributed by atoms with E-state index in [4.69, 9.17) is 0 Å². The fourth-order valence-electron chi connectivity index (χ4n) is 2.72. The standard InChI is InChI=1S/C18H18N2O/c1-12-8-9-14(13(2)10-12)17(21)11-18-19-15-6-4-5-7-16(15)20(18)3/h4-10H,11H2,1-3H3. The molecule has 0 amide bonds. The molecular weight excluding hydrogens is 260 g/mol. The van der Waals surface area contributed by atoms with Crippen molar-refractivity contribution >= 4 is 16.8 Å². The third-order valence-electron chi connectivity index (χ3n) is 3.88. The highest BCUT2D eigenvalue weighted by atomic mass is 16.1. The van der Waals surface area contributed by atoms with Crippen molar-refractivity contribution < 1.29 is 4.79 Å². The fourth-order valence-corrected chi connectivity index (χ4v) is 2.72. The number of imidazole rings is 1. The van der Waals surface area contributed by atoms with E-state index in [0.29, 0.717) is 6.42 Å². The first kappa shape index (κ1) is 13.6. The van der Waals surface area contributed by atoms with Crippen LogP contribution in [0, 0.1) is 13.8 Å². The molecule has 0 aliphatic heterocycles. The van der Waals surface area contributed by atoms with Crippen molar-refractivity contribution in [2.24, 2.45) is 7.05 Å². The quantitative estimate of drug-likeness (QED) is 0.686. The molecule has 0 spiro atoms. The van der Waals surface area contributed by atoms with Crippen molar-refractivity contribution in [3.8, 4) is 0 Å². The number of para-hydroxylation sites is 2. The van der Waals surface area contributed by atoms with E-state index in [1.54, 1.807) is 0 Å². The Bertz CT molecular complexity index is 830. The number of aromatic nitrogens is 2. The van der Waals surface area contributed by atoms with Crippen LogP contribution in [0.3, 0.4) is 0 Å². The van der Waals surface area contributed by atoms with Crippen molar-refractivity contribution in [1.82, 2.24) is 9.55 Å². The van der Waals surface area contributed by atoms with Gasteiger partial charge in [0.05, 0.1) is 17.5 Å². The molecule has 3 heteroatoms. The summed E-state index contributed by atoms with van der Waals surface area (Å²) in [7, 11) is 1.96. The number of Topliss-reactive ketones (excluding diaryl/α,β-unsaturated/α-hetero) is 1. The molecule has 21 heavy (non-hydrogen) atoms. The summed E-state index contributed by atoms with van der Waals surface area (Å²) in [5.41, 5.74) is 4.97. The Labute approximate surface area is 124 Å². The van der Waals surface area contributed by atoms with Crippen molar-refractivity contribution in [2.75, 3.05) is 0 Å². The number of hydrogen-bond acceptors (Lipinski definition) is 2. The Balaban J connectivity index is 1.94. The summed E-state index contributed by atoms with van der Waals surface area (Å²) in [4.78, 5) is 17.1. The Morgan fingerprint density at radius 3 is 2.62 bits per heavy atom. The van der Waals surface area contributed by atoms with Crippen LogP contribution in [-0.4, -0.2) is 15.3 Å². The lowest BCUT2D eigenvalue weighted by molar-refractivity contribution is 0.0989. The van der Waals surface area contributed by atoms with Crippen LogP contribution in [0.2, 0.25) is 0 Å². The molecule has 0 radical (unpaired) electrons. The number of rotatable bonds is 3. The third kappa shape index (κ3) is 2.47. The predicted octanol–water partition coefficient (Wildman–Crippen LogP) is 3.62. The van der Waals surface area contributed by atoms with Gasteiger partial charge >= 0.3 is 0 Å². The molecular formula is C18H18N2O. The number of carbonyl (C=O) groups is 1. The van der Waals surface area contributed by atoms with Gasteiger partial charge in [-0.15, -0.1) is 0 Å². The first-order valence-corrected chi connectivity index (χ1v) is 7.07. The van der Waals surface area contributed by atoms with E-state index in [-0.39, 0.29) is 5.78 Å². The predicted molar refractivity (Wildman–Crippen MR) is 84.7 cm³/mol. The number of hydrogen-bond donors (Lipinski definition) is 0. The average molecular weight is 278 g/mol. The zero-order chi connectivity index (χ0) is 15.0. The summed E-state index contributed by atoms with van der Waals surface area (Å²) in [6, 6.07) is 13.9. The summed E-state index contributed by atoms with van der Waals surface area (Å²) < 4.78 is 2.00. The Morgan fingerprint density at radius 2 is 1.90 bits per heavy atom.